The van der Waals surface area contributed by atoms with E-state index in [-0.39, 0.29) is 60.1 Å². The van der Waals surface area contributed by atoms with E-state index in [1.165, 1.54) is 61.7 Å². The molecule has 49 heteroatoms. The van der Waals surface area contributed by atoms with E-state index in [4.69, 9.17) is 51.5 Å². The molecule has 10 N–H and O–H groups in total. The number of anilines is 4. The molecule has 12 aromatic heterocycles. The van der Waals surface area contributed by atoms with Gasteiger partial charge in [0.25, 0.3) is 0 Å². The number of amides is 4. The van der Waals surface area contributed by atoms with E-state index in [0.717, 1.165) is 33.8 Å². The average Bonchev–Trinajstić information content (AvgIpc) is 1.56. The predicted octanol–water partition coefficient (Wildman–Crippen LogP) is 12.7. The fraction of sp³-hybridized carbons (Fsp3) is 0.324. The molecule has 0 aliphatic carbocycles. The molecule has 0 spiro atoms. The summed E-state index contributed by atoms with van der Waals surface area (Å²) in [6.07, 6.45) is -5.02. The highest BCUT2D eigenvalue weighted by Crippen LogP contribution is 2.37. The van der Waals surface area contributed by atoms with Crippen LogP contribution in [0.3, 0.4) is 0 Å². The first-order valence-corrected chi connectivity index (χ1v) is 36.7. The van der Waals surface area contributed by atoms with Crippen LogP contribution in [0.2, 0.25) is 20.1 Å². The Kier molecular flexibility index (Phi) is 27.3. The van der Waals surface area contributed by atoms with Crippen molar-refractivity contribution in [2.75, 3.05) is 73.0 Å². The van der Waals surface area contributed by atoms with Crippen LogP contribution in [0.25, 0.3) is 89.7 Å². The molecule has 30 nitrogen and oxygen atoms in total. The van der Waals surface area contributed by atoms with E-state index in [9.17, 15) is 90.1 Å². The molecule has 2 unspecified atom stereocenters. The van der Waals surface area contributed by atoms with Gasteiger partial charge in [-0.05, 0) is 57.0 Å². The second-order valence-electron chi connectivity index (χ2n) is 26.6. The molecule has 2 saturated heterocycles. The van der Waals surface area contributed by atoms with Crippen LogP contribution in [-0.4, -0.2) is 228 Å². The van der Waals surface area contributed by atoms with E-state index in [2.05, 4.69) is 85.1 Å². The number of pyridine rings is 4. The molecule has 0 aromatic carbocycles. The maximum Gasteiger partial charge on any atom is 0.416 e. The van der Waals surface area contributed by atoms with Crippen molar-refractivity contribution in [1.82, 2.24) is 101 Å². The van der Waals surface area contributed by atoms with Gasteiger partial charge in [-0.25, -0.2) is 73.0 Å². The molecule has 120 heavy (non-hydrogen) atoms. The Morgan fingerprint density at radius 1 is 0.517 bits per heavy atom. The lowest BCUT2D eigenvalue weighted by Gasteiger charge is -2.26. The number of rotatable bonds is 19. The minimum absolute atomic E-state index is 0. The smallest absolute Gasteiger partial charge is 0.391 e. The number of likely N-dealkylation sites (N-methyl/N-ethyl adjacent to an activating group) is 2. The van der Waals surface area contributed by atoms with Gasteiger partial charge in [0.05, 0.1) is 51.3 Å². The summed E-state index contributed by atoms with van der Waals surface area (Å²) in [6, 6.07) is 4.05. The molecule has 6 atom stereocenters. The minimum Gasteiger partial charge on any atom is -0.391 e. The highest BCUT2D eigenvalue weighted by molar-refractivity contribution is 6.32. The number of hydrogen-bond donors (Lipinski definition) is 10. The Bertz CT molecular complexity index is 5750. The van der Waals surface area contributed by atoms with Gasteiger partial charge in [0, 0.05) is 139 Å². The summed E-state index contributed by atoms with van der Waals surface area (Å²) in [5, 5.41) is 30.7. The van der Waals surface area contributed by atoms with E-state index < -0.39 is 128 Å². The van der Waals surface area contributed by atoms with Crippen molar-refractivity contribution in [3.63, 3.8) is 0 Å². The molecule has 644 valence electrons. The van der Waals surface area contributed by atoms with Crippen LogP contribution in [-0.2, 0) is 19.2 Å². The Morgan fingerprint density at radius 3 is 1.32 bits per heavy atom. The van der Waals surface area contributed by atoms with Gasteiger partial charge in [0.2, 0.25) is 23.6 Å². The number of carbonyl (C=O) groups excluding carboxylic acids is 4. The predicted molar refractivity (Wildman–Crippen MR) is 417 cm³/mol. The molecule has 2 aliphatic heterocycles. The highest BCUT2D eigenvalue weighted by atomic mass is 35.5. The maximum absolute atomic E-state index is 14.6. The van der Waals surface area contributed by atoms with Gasteiger partial charge >= 0.3 is 24.7 Å². The van der Waals surface area contributed by atoms with E-state index in [1.54, 1.807) is 72.8 Å². The number of β-amino-alcohol motifs (C(OH)–C–C–N with tert-alkyl or cyclic N) is 1. The van der Waals surface area contributed by atoms with Gasteiger partial charge in [0.15, 0.2) is 64.3 Å². The van der Waals surface area contributed by atoms with Crippen LogP contribution in [0.1, 0.15) is 38.8 Å². The Labute approximate surface area is 691 Å². The summed E-state index contributed by atoms with van der Waals surface area (Å²) >= 11 is 24.0. The van der Waals surface area contributed by atoms with Crippen molar-refractivity contribution in [2.45, 2.75) is 94.2 Å². The van der Waals surface area contributed by atoms with Gasteiger partial charge in [-0.15, -0.1) is 0 Å². The molecule has 2 aliphatic rings. The number of aromatic nitrogens is 16. The molecule has 0 bridgehead atoms. The van der Waals surface area contributed by atoms with Crippen LogP contribution in [0.15, 0.2) is 105 Å². The number of halogens is 19. The van der Waals surface area contributed by atoms with Crippen LogP contribution in [0.5, 0.6) is 0 Å². The van der Waals surface area contributed by atoms with Gasteiger partial charge in [-0.2, -0.15) is 52.7 Å². The zero-order valence-corrected chi connectivity index (χ0v) is 65.0. The Hall–Kier alpha value is -11.8. The third-order valence-electron chi connectivity index (χ3n) is 18.3. The van der Waals surface area contributed by atoms with Crippen molar-refractivity contribution >= 4 is 137 Å². The van der Waals surface area contributed by atoms with E-state index in [0.29, 0.717) is 106 Å². The van der Waals surface area contributed by atoms with E-state index in [1.807, 2.05) is 5.32 Å². The molecule has 0 saturated carbocycles. The van der Waals surface area contributed by atoms with Crippen LogP contribution in [0, 0.1) is 17.5 Å². The second-order valence-corrected chi connectivity index (χ2v) is 28.4. The van der Waals surface area contributed by atoms with E-state index >= 15 is 0 Å². The number of aromatic amines is 4. The first kappa shape index (κ1) is 89.0. The van der Waals surface area contributed by atoms with Crippen molar-refractivity contribution in [2.24, 2.45) is 0 Å². The fourth-order valence-corrected chi connectivity index (χ4v) is 12.8. The standard InChI is InChI=1S/C19H17ClF4N6O2.C18H15ClF4N6O2.C17H15ClF4N6O.C17H16ClF3N6O.4H2/c20-9-4-10-11(6-26-15(10)25-5-9)16-27-7-12(21)17(29-16)30-3-1-2-13(30)18(32)28-8-14(31)19(22,23)24;19-8-1-10-11(4-25-14(10)24-3-8)15-26-5-12(20)16(28-15)29-6-9(30)2-13(29)17(31)27-7-18(21,22)23;1-8(16(29)26-7-17(20,21)22)28(2)15-12(19)6-25-14(27-15)11-5-24-13-10(11)3-9(18)4-23-13;1-9(16(28)25-8-17(19,20)21)27(2)13-3-4-22-15(26-13)12-7-24-14-11(12)5-10(18)6-23-14;;;;/h4-7,13-14,31H,1-3,8H2,(H,25,26)(H,28,32);1,3-5,9,13,30H,2,6-7H2,(H,24,25)(H,27,31);3-6,8H,7H2,1-2H3,(H,23,24)(H,26,29);3-7,9H,8H2,1-2H3,(H,23,24)(H,25,28);4*1H/t13-,14?;9?,13-;8-;9-;;;;/m1111..../s1. The largest absolute Gasteiger partial charge is 0.416 e. The number of alkyl halides is 12. The van der Waals surface area contributed by atoms with Crippen molar-refractivity contribution < 1.29 is 101 Å². The lowest BCUT2D eigenvalue weighted by molar-refractivity contribution is -0.201. The number of H-pyrrole nitrogens is 4. The first-order valence-electron chi connectivity index (χ1n) is 35.1. The quantitative estimate of drug-likeness (QED) is 0.0336. The molecule has 4 amide bonds. The lowest BCUT2D eigenvalue weighted by atomic mass is 10.2. The normalized spacial score (nSPS) is 15.8. The molecule has 0 radical (unpaired) electrons. The van der Waals surface area contributed by atoms with Gasteiger partial charge < -0.3 is 71.0 Å². The maximum atomic E-state index is 14.6. The number of carbonyl (C=O) groups is 4. The zero-order valence-electron chi connectivity index (χ0n) is 62.0. The highest BCUT2D eigenvalue weighted by Gasteiger charge is 2.43. The monoisotopic (exact) mass is 1780 g/mol. The number of aliphatic hydroxyl groups is 2. The fourth-order valence-electron chi connectivity index (χ4n) is 12.2. The van der Waals surface area contributed by atoms with Gasteiger partial charge in [-0.3, -0.25) is 19.2 Å². The Morgan fingerprint density at radius 2 is 0.900 bits per heavy atom. The summed E-state index contributed by atoms with van der Waals surface area (Å²) in [5.74, 6) is -5.50. The van der Waals surface area contributed by atoms with Crippen LogP contribution in [0.4, 0.5) is 89.1 Å². The third kappa shape index (κ3) is 21.8. The molecular formula is C71H71Cl4F15N24O6. The molecular weight excluding hydrogens is 1710 g/mol. The second kappa shape index (κ2) is 36.8. The van der Waals surface area contributed by atoms with Gasteiger partial charge in [0.1, 0.15) is 72.2 Å². The Balaban J connectivity index is 0.000000225. The van der Waals surface area contributed by atoms with Crippen molar-refractivity contribution in [1.29, 1.82) is 0 Å². The summed E-state index contributed by atoms with van der Waals surface area (Å²) in [6.45, 7) is -2.48. The number of fused-ring (bicyclic) bond motifs is 4. The van der Waals surface area contributed by atoms with Crippen molar-refractivity contribution in [3.05, 3.63) is 142 Å². The lowest BCUT2D eigenvalue weighted by Crippen LogP contribution is -2.48. The van der Waals surface area contributed by atoms with Crippen LogP contribution < -0.4 is 40.9 Å². The summed E-state index contributed by atoms with van der Waals surface area (Å²) < 4.78 is 192. The first-order chi connectivity index (χ1) is 56.5. The molecule has 12 aromatic rings. The zero-order chi connectivity index (χ0) is 87.2. The minimum atomic E-state index is -4.85. The molecule has 14 rings (SSSR count). The average molecular weight is 1780 g/mol. The molecule has 14 heterocycles. The topological polar surface area (TPSA) is 388 Å². The third-order valence-corrected chi connectivity index (χ3v) is 19.1. The summed E-state index contributed by atoms with van der Waals surface area (Å²) in [5.41, 5.74) is 4.30. The summed E-state index contributed by atoms with van der Waals surface area (Å²) in [7, 11) is 2.91. The molecule has 2 fully saturated rings. The number of hydrogen-bond acceptors (Lipinski definition) is 22. The number of nitrogens with one attached hydrogen (secondary N) is 8. The number of nitrogens with zero attached hydrogens (tertiary/aromatic N) is 16. The van der Waals surface area contributed by atoms with Crippen molar-refractivity contribution in [3.8, 4) is 45.6 Å². The van der Waals surface area contributed by atoms with Crippen LogP contribution >= 0.6 is 46.4 Å². The van der Waals surface area contributed by atoms with Gasteiger partial charge in [-0.1, -0.05) is 46.4 Å². The SMILES string of the molecule is C[C@H](C(=O)NCC(F)(F)F)N(C)c1ccnc(-c2c[nH]c3ncc(Cl)cc23)n1.C[C@H](C(=O)NCC(F)(F)F)N(C)c1nc(-c2c[nH]c3ncc(Cl)cc23)ncc1F.O=C(NCC(F)(F)F)[C@H]1CC(O)CN1c1nc(-c2c[nH]c3ncc(Cl)cc23)ncc1F.O=C(NCC(O)C(F)(F)F)[C@H]1CCCN1c1nc(-c2c[nH]c3ncc(Cl)cc23)ncc1F.[HH].[HH].[HH].[HH]. The summed E-state index contributed by atoms with van der Waals surface area (Å²) in [4.78, 5) is 116. The number of aliphatic hydroxyl groups excluding tert-OH is 2.